The van der Waals surface area contributed by atoms with E-state index in [9.17, 15) is 4.79 Å². The van der Waals surface area contributed by atoms with Gasteiger partial charge >= 0.3 is 0 Å². The Morgan fingerprint density at radius 1 is 0.933 bits per heavy atom. The fourth-order valence-electron chi connectivity index (χ4n) is 7.28. The lowest BCUT2D eigenvalue weighted by Gasteiger charge is -2.47. The molecule has 2 aliphatic heterocycles. The fraction of sp³-hybridized carbons (Fsp3) is 0.211. The van der Waals surface area contributed by atoms with Gasteiger partial charge in [0.25, 0.3) is 5.91 Å². The summed E-state index contributed by atoms with van der Waals surface area (Å²) in [5, 5.41) is 8.48. The van der Waals surface area contributed by atoms with E-state index in [2.05, 4.69) is 65.7 Å². The highest BCUT2D eigenvalue weighted by Crippen LogP contribution is 2.45. The number of carbonyl (C=O) groups is 1. The molecule has 7 nitrogen and oxygen atoms in total. The van der Waals surface area contributed by atoms with Gasteiger partial charge < -0.3 is 20.7 Å². The zero-order chi connectivity index (χ0) is 30.5. The fourth-order valence-corrected chi connectivity index (χ4v) is 7.28. The molecule has 1 atom stereocenters. The highest BCUT2D eigenvalue weighted by Gasteiger charge is 2.40. The standard InChI is InChI=1S/C38H35N5O2/c1-2-8-31-32-21-25-9-6-7-12-29(25)30(32)17-18-34(31)42-22-26(23-42)33-19-20-40-38-35(37(39)44)36(41-43(33)38)24-13-15-28(16-14-24)45-27-10-4-3-5-11-27/h2-18,26,33,40H,19-23H2,1H3,(H2,39,44). The molecule has 1 fully saturated rings. The monoisotopic (exact) mass is 593 g/mol. The van der Waals surface area contributed by atoms with Crippen molar-refractivity contribution >= 4 is 23.5 Å². The molecule has 0 radical (unpaired) electrons. The molecular weight excluding hydrogens is 558 g/mol. The second-order valence-electron chi connectivity index (χ2n) is 12.1. The number of primary amides is 1. The molecule has 7 heteroatoms. The second kappa shape index (κ2) is 11.0. The molecular formula is C38H35N5O2. The molecule has 224 valence electrons. The molecule has 3 heterocycles. The molecule has 45 heavy (non-hydrogen) atoms. The molecule has 1 unspecified atom stereocenters. The maximum atomic E-state index is 12.8. The van der Waals surface area contributed by atoms with E-state index in [-0.39, 0.29) is 6.04 Å². The molecule has 1 aromatic heterocycles. The minimum absolute atomic E-state index is 0.175. The molecule has 5 aromatic rings. The summed E-state index contributed by atoms with van der Waals surface area (Å²) in [6, 6.07) is 30.9. The molecule has 0 bridgehead atoms. The normalized spacial score (nSPS) is 16.9. The highest BCUT2D eigenvalue weighted by atomic mass is 16.5. The van der Waals surface area contributed by atoms with Crippen LogP contribution >= 0.6 is 0 Å². The van der Waals surface area contributed by atoms with Gasteiger partial charge in [0.05, 0.1) is 6.04 Å². The van der Waals surface area contributed by atoms with Gasteiger partial charge in [-0.2, -0.15) is 5.10 Å². The number of rotatable bonds is 7. The molecule has 3 aliphatic rings. The van der Waals surface area contributed by atoms with E-state index in [1.54, 1.807) is 0 Å². The molecule has 1 saturated heterocycles. The third-order valence-corrected chi connectivity index (χ3v) is 9.45. The minimum atomic E-state index is -0.477. The molecule has 1 aliphatic carbocycles. The van der Waals surface area contributed by atoms with Crippen LogP contribution in [-0.4, -0.2) is 35.3 Å². The Morgan fingerprint density at radius 2 is 1.69 bits per heavy atom. The average molecular weight is 594 g/mol. The van der Waals surface area contributed by atoms with Crippen LogP contribution in [0, 0.1) is 5.92 Å². The third kappa shape index (κ3) is 4.67. The summed E-state index contributed by atoms with van der Waals surface area (Å²) in [5.41, 5.74) is 16.0. The molecule has 0 saturated carbocycles. The maximum Gasteiger partial charge on any atom is 0.254 e. The maximum absolute atomic E-state index is 12.8. The number of anilines is 2. The van der Waals surface area contributed by atoms with Gasteiger partial charge in [0.1, 0.15) is 28.6 Å². The van der Waals surface area contributed by atoms with E-state index in [0.29, 0.717) is 22.9 Å². The first-order valence-electron chi connectivity index (χ1n) is 15.7. The molecule has 3 N–H and O–H groups in total. The summed E-state index contributed by atoms with van der Waals surface area (Å²) in [7, 11) is 0. The second-order valence-corrected chi connectivity index (χ2v) is 12.1. The van der Waals surface area contributed by atoms with Crippen LogP contribution in [0.3, 0.4) is 0 Å². The van der Waals surface area contributed by atoms with Crippen molar-refractivity contribution in [2.75, 3.05) is 29.9 Å². The van der Waals surface area contributed by atoms with Gasteiger partial charge in [-0.05, 0) is 84.5 Å². The number of allylic oxidation sites excluding steroid dienone is 1. The average Bonchev–Trinajstić information content (AvgIpc) is 3.62. The number of benzene rings is 4. The Hall–Kier alpha value is -5.30. The first-order chi connectivity index (χ1) is 22.1. The minimum Gasteiger partial charge on any atom is -0.457 e. The van der Waals surface area contributed by atoms with Crippen molar-refractivity contribution in [1.29, 1.82) is 0 Å². The van der Waals surface area contributed by atoms with Crippen LogP contribution in [0.25, 0.3) is 28.5 Å². The van der Waals surface area contributed by atoms with Crippen LogP contribution < -0.4 is 20.7 Å². The smallest absolute Gasteiger partial charge is 0.254 e. The van der Waals surface area contributed by atoms with E-state index < -0.39 is 5.91 Å². The highest BCUT2D eigenvalue weighted by molar-refractivity contribution is 6.04. The van der Waals surface area contributed by atoms with Crippen molar-refractivity contribution in [3.63, 3.8) is 0 Å². The Balaban J connectivity index is 1.05. The predicted molar refractivity (Wildman–Crippen MR) is 180 cm³/mol. The van der Waals surface area contributed by atoms with Crippen molar-refractivity contribution in [2.24, 2.45) is 11.7 Å². The van der Waals surface area contributed by atoms with Crippen molar-refractivity contribution in [1.82, 2.24) is 9.78 Å². The van der Waals surface area contributed by atoms with E-state index >= 15 is 0 Å². The Morgan fingerprint density at radius 3 is 2.47 bits per heavy atom. The van der Waals surface area contributed by atoms with E-state index in [0.717, 1.165) is 49.6 Å². The zero-order valence-electron chi connectivity index (χ0n) is 25.2. The quantitative estimate of drug-likeness (QED) is 0.200. The van der Waals surface area contributed by atoms with Gasteiger partial charge in [0.15, 0.2) is 0 Å². The zero-order valence-corrected chi connectivity index (χ0v) is 25.2. The number of fused-ring (bicyclic) bond motifs is 4. The number of hydrogen-bond donors (Lipinski definition) is 2. The third-order valence-electron chi connectivity index (χ3n) is 9.45. The first-order valence-corrected chi connectivity index (χ1v) is 15.7. The SMILES string of the molecule is CC=Cc1c(N2CC(C3CCNc4c(C(N)=O)c(-c5ccc(Oc6ccccc6)cc5)nn43)C2)ccc2c1Cc1ccccc1-2. The van der Waals surface area contributed by atoms with Gasteiger partial charge in [-0.1, -0.05) is 60.7 Å². The van der Waals surface area contributed by atoms with E-state index in [1.165, 1.54) is 33.5 Å². The van der Waals surface area contributed by atoms with Gasteiger partial charge in [-0.15, -0.1) is 0 Å². The summed E-state index contributed by atoms with van der Waals surface area (Å²) in [5.74, 6) is 2.14. The molecule has 1 amide bonds. The number of carbonyl (C=O) groups excluding carboxylic acids is 1. The van der Waals surface area contributed by atoms with Crippen LogP contribution in [0.15, 0.2) is 97.1 Å². The largest absolute Gasteiger partial charge is 0.457 e. The number of nitrogens with zero attached hydrogens (tertiary/aromatic N) is 3. The van der Waals surface area contributed by atoms with Crippen molar-refractivity contribution in [2.45, 2.75) is 25.8 Å². The van der Waals surface area contributed by atoms with Gasteiger partial charge in [-0.25, -0.2) is 4.68 Å². The van der Waals surface area contributed by atoms with Crippen LogP contribution in [0.4, 0.5) is 11.5 Å². The molecule has 8 rings (SSSR count). The lowest BCUT2D eigenvalue weighted by Crippen LogP contribution is -2.52. The number of para-hydroxylation sites is 1. The summed E-state index contributed by atoms with van der Waals surface area (Å²) in [4.78, 5) is 15.3. The van der Waals surface area contributed by atoms with E-state index in [1.807, 2.05) is 59.3 Å². The Labute approximate surface area is 262 Å². The van der Waals surface area contributed by atoms with Crippen LogP contribution in [0.5, 0.6) is 11.5 Å². The van der Waals surface area contributed by atoms with Gasteiger partial charge in [-0.3, -0.25) is 4.79 Å². The summed E-state index contributed by atoms with van der Waals surface area (Å²) >= 11 is 0. The summed E-state index contributed by atoms with van der Waals surface area (Å²) < 4.78 is 8.00. The molecule has 4 aromatic carbocycles. The Bertz CT molecular complexity index is 1940. The van der Waals surface area contributed by atoms with Crippen molar-refractivity contribution in [3.05, 3.63) is 119 Å². The van der Waals surface area contributed by atoms with Gasteiger partial charge in [0.2, 0.25) is 0 Å². The van der Waals surface area contributed by atoms with Gasteiger partial charge in [0, 0.05) is 42.4 Å². The number of amides is 1. The van der Waals surface area contributed by atoms with Crippen LogP contribution in [-0.2, 0) is 6.42 Å². The number of nitrogens with one attached hydrogen (secondary N) is 1. The lowest BCUT2D eigenvalue weighted by atomic mass is 9.86. The summed E-state index contributed by atoms with van der Waals surface area (Å²) in [6.07, 6.45) is 6.33. The number of ether oxygens (including phenoxy) is 1. The summed E-state index contributed by atoms with van der Waals surface area (Å²) in [6.45, 7) is 4.74. The van der Waals surface area contributed by atoms with Crippen LogP contribution in [0.1, 0.15) is 46.4 Å². The van der Waals surface area contributed by atoms with Crippen molar-refractivity contribution < 1.29 is 9.53 Å². The number of nitrogens with two attached hydrogens (primary N) is 1. The number of aromatic nitrogens is 2. The van der Waals surface area contributed by atoms with Crippen LogP contribution in [0.2, 0.25) is 0 Å². The molecule has 0 spiro atoms. The first kappa shape index (κ1) is 27.3. The number of hydrogen-bond acceptors (Lipinski definition) is 5. The predicted octanol–water partition coefficient (Wildman–Crippen LogP) is 7.54. The topological polar surface area (TPSA) is 85.4 Å². The van der Waals surface area contributed by atoms with E-state index in [4.69, 9.17) is 15.6 Å². The van der Waals surface area contributed by atoms with Crippen molar-refractivity contribution in [3.8, 4) is 33.9 Å². The lowest BCUT2D eigenvalue weighted by molar-refractivity contribution is 0.100. The Kier molecular flexibility index (Phi) is 6.67.